The van der Waals surface area contributed by atoms with E-state index in [-0.39, 0.29) is 6.29 Å². The van der Waals surface area contributed by atoms with E-state index in [1.165, 1.54) is 24.8 Å². The van der Waals surface area contributed by atoms with Gasteiger partial charge >= 0.3 is 0 Å². The Morgan fingerprint density at radius 3 is 2.88 bits per heavy atom. The predicted octanol–water partition coefficient (Wildman–Crippen LogP) is 4.28. The second-order valence-corrected chi connectivity index (χ2v) is 4.34. The number of unbranched alkanes of at least 4 members (excludes halogenated alkanes) is 3. The van der Waals surface area contributed by atoms with Crippen molar-refractivity contribution in [3.05, 3.63) is 41.5 Å². The molecule has 0 amide bonds. The fourth-order valence-corrected chi connectivity index (χ4v) is 2.13. The molecule has 1 atom stereocenters. The molecule has 1 aromatic carbocycles. The summed E-state index contributed by atoms with van der Waals surface area (Å²) in [5.74, 6) is 0.976. The van der Waals surface area contributed by atoms with Crippen LogP contribution in [0.1, 0.15) is 50.0 Å². The lowest BCUT2D eigenvalue weighted by Crippen LogP contribution is -1.96. The lowest BCUT2D eigenvalue weighted by Gasteiger charge is -2.08. The molecule has 2 rings (SSSR count). The Bertz CT molecular complexity index is 396. The molecule has 0 radical (unpaired) electrons. The van der Waals surface area contributed by atoms with Gasteiger partial charge in [0.15, 0.2) is 0 Å². The van der Waals surface area contributed by atoms with Crippen LogP contribution in [-0.2, 0) is 9.47 Å². The number of allylic oxidation sites excluding steroid dienone is 1. The first-order valence-corrected chi connectivity index (χ1v) is 6.35. The highest BCUT2D eigenvalue weighted by atomic mass is 16.7. The average Bonchev–Trinajstić information content (AvgIpc) is 2.73. The molecule has 0 saturated heterocycles. The van der Waals surface area contributed by atoms with Crippen LogP contribution in [0.25, 0.3) is 5.76 Å². The summed E-state index contributed by atoms with van der Waals surface area (Å²) in [5.41, 5.74) is 2.31. The number of fused-ring (bicyclic) bond motifs is 1. The highest BCUT2D eigenvalue weighted by molar-refractivity contribution is 5.66. The van der Waals surface area contributed by atoms with Gasteiger partial charge in [0.25, 0.3) is 0 Å². The lowest BCUT2D eigenvalue weighted by molar-refractivity contribution is -0.0650. The Balaban J connectivity index is 2.11. The van der Waals surface area contributed by atoms with Gasteiger partial charge < -0.3 is 9.47 Å². The molecular weight excluding hydrogens is 212 g/mol. The molecule has 0 bridgehead atoms. The Kier molecular flexibility index (Phi) is 4.21. The monoisotopic (exact) mass is 232 g/mol. The molecule has 0 aliphatic carbocycles. The van der Waals surface area contributed by atoms with E-state index in [0.29, 0.717) is 0 Å². The van der Waals surface area contributed by atoms with E-state index in [2.05, 4.69) is 25.1 Å². The van der Waals surface area contributed by atoms with E-state index in [1.807, 2.05) is 12.1 Å². The molecule has 0 spiro atoms. The van der Waals surface area contributed by atoms with Gasteiger partial charge in [-0.15, -0.1) is 0 Å². The summed E-state index contributed by atoms with van der Waals surface area (Å²) in [6.07, 6.45) is 6.79. The van der Waals surface area contributed by atoms with Crippen LogP contribution in [0.3, 0.4) is 0 Å². The molecule has 2 nitrogen and oxygen atoms in total. The molecule has 1 aliphatic rings. The number of rotatable bonds is 5. The van der Waals surface area contributed by atoms with Gasteiger partial charge in [-0.25, -0.2) is 0 Å². The number of methoxy groups -OCH3 is 1. The normalized spacial score (nSPS) is 20.4. The van der Waals surface area contributed by atoms with E-state index in [4.69, 9.17) is 9.47 Å². The fourth-order valence-electron chi connectivity index (χ4n) is 2.13. The zero-order valence-corrected chi connectivity index (χ0v) is 10.6. The van der Waals surface area contributed by atoms with Crippen molar-refractivity contribution < 1.29 is 9.47 Å². The van der Waals surface area contributed by atoms with E-state index in [0.717, 1.165) is 17.7 Å². The number of benzene rings is 1. The van der Waals surface area contributed by atoms with Gasteiger partial charge in [-0.3, -0.25) is 0 Å². The maximum absolute atomic E-state index is 5.80. The molecule has 92 valence electrons. The maximum atomic E-state index is 5.80. The van der Waals surface area contributed by atoms with Crippen LogP contribution < -0.4 is 0 Å². The molecule has 0 saturated carbocycles. The summed E-state index contributed by atoms with van der Waals surface area (Å²) in [6, 6.07) is 8.23. The molecule has 0 aromatic heterocycles. The van der Waals surface area contributed by atoms with Crippen LogP contribution in [0, 0.1) is 0 Å². The Hall–Kier alpha value is -1.28. The molecule has 1 aliphatic heterocycles. The summed E-state index contributed by atoms with van der Waals surface area (Å²) in [7, 11) is 1.68. The van der Waals surface area contributed by atoms with Crippen molar-refractivity contribution in [2.75, 3.05) is 7.11 Å². The molecule has 17 heavy (non-hydrogen) atoms. The van der Waals surface area contributed by atoms with Crippen LogP contribution >= 0.6 is 0 Å². The van der Waals surface area contributed by atoms with E-state index >= 15 is 0 Å². The number of hydrogen-bond acceptors (Lipinski definition) is 2. The minimum Gasteiger partial charge on any atom is -0.460 e. The Labute approximate surface area is 103 Å². The lowest BCUT2D eigenvalue weighted by atomic mass is 10.1. The summed E-state index contributed by atoms with van der Waals surface area (Å²) >= 11 is 0. The van der Waals surface area contributed by atoms with Crippen molar-refractivity contribution in [1.82, 2.24) is 0 Å². The predicted molar refractivity (Wildman–Crippen MR) is 69.4 cm³/mol. The van der Waals surface area contributed by atoms with Gasteiger partial charge in [0.1, 0.15) is 5.76 Å². The third-order valence-corrected chi connectivity index (χ3v) is 3.07. The van der Waals surface area contributed by atoms with Crippen LogP contribution in [0.2, 0.25) is 0 Å². The first kappa shape index (κ1) is 12.2. The van der Waals surface area contributed by atoms with Crippen molar-refractivity contribution in [1.29, 1.82) is 0 Å². The van der Waals surface area contributed by atoms with Crippen molar-refractivity contribution in [2.24, 2.45) is 0 Å². The third-order valence-electron chi connectivity index (χ3n) is 3.07. The molecule has 2 heteroatoms. The first-order chi connectivity index (χ1) is 8.36. The van der Waals surface area contributed by atoms with Crippen LogP contribution in [0.5, 0.6) is 0 Å². The molecule has 0 fully saturated rings. The minimum absolute atomic E-state index is 0.233. The molecular formula is C15H20O2. The molecule has 1 heterocycles. The van der Waals surface area contributed by atoms with Gasteiger partial charge in [-0.2, -0.15) is 0 Å². The van der Waals surface area contributed by atoms with Gasteiger partial charge in [0.2, 0.25) is 6.29 Å². The largest absolute Gasteiger partial charge is 0.460 e. The molecule has 0 N–H and O–H groups in total. The summed E-state index contributed by atoms with van der Waals surface area (Å²) < 4.78 is 11.1. The second-order valence-electron chi connectivity index (χ2n) is 4.34. The van der Waals surface area contributed by atoms with Crippen LogP contribution in [0.15, 0.2) is 30.3 Å². The van der Waals surface area contributed by atoms with E-state index < -0.39 is 0 Å². The first-order valence-electron chi connectivity index (χ1n) is 6.35. The van der Waals surface area contributed by atoms with Gasteiger partial charge in [0.05, 0.1) is 0 Å². The summed E-state index contributed by atoms with van der Waals surface area (Å²) in [4.78, 5) is 0. The van der Waals surface area contributed by atoms with Crippen molar-refractivity contribution in [3.8, 4) is 0 Å². The minimum atomic E-state index is -0.233. The van der Waals surface area contributed by atoms with Gasteiger partial charge in [0, 0.05) is 18.2 Å². The van der Waals surface area contributed by atoms with Crippen molar-refractivity contribution >= 4 is 5.76 Å². The fraction of sp³-hybridized carbons (Fsp3) is 0.467. The topological polar surface area (TPSA) is 18.5 Å². The summed E-state index contributed by atoms with van der Waals surface area (Å²) in [5, 5.41) is 0. The van der Waals surface area contributed by atoms with Gasteiger partial charge in [-0.05, 0) is 18.9 Å². The Morgan fingerprint density at radius 2 is 2.12 bits per heavy atom. The van der Waals surface area contributed by atoms with Gasteiger partial charge in [-0.1, -0.05) is 44.0 Å². The van der Waals surface area contributed by atoms with E-state index in [1.54, 1.807) is 7.11 Å². The standard InChI is InChI=1S/C15H20O2/c1-3-4-5-6-11-14-12-9-7-8-10-13(12)15(16-2)17-14/h7-11,15H,3-6H2,1-2H3/b14-11-. The van der Waals surface area contributed by atoms with Crippen molar-refractivity contribution in [3.63, 3.8) is 0 Å². The smallest absolute Gasteiger partial charge is 0.227 e. The highest BCUT2D eigenvalue weighted by Crippen LogP contribution is 2.38. The molecule has 1 aromatic rings. The number of ether oxygens (including phenoxy) is 2. The van der Waals surface area contributed by atoms with Crippen molar-refractivity contribution in [2.45, 2.75) is 38.9 Å². The zero-order chi connectivity index (χ0) is 12.1. The highest BCUT2D eigenvalue weighted by Gasteiger charge is 2.26. The SMILES string of the molecule is CCCCC/C=C1\OC(OC)c2ccccc21. The van der Waals surface area contributed by atoms with E-state index in [9.17, 15) is 0 Å². The van der Waals surface area contributed by atoms with Crippen LogP contribution in [0.4, 0.5) is 0 Å². The van der Waals surface area contributed by atoms with Crippen LogP contribution in [-0.4, -0.2) is 7.11 Å². The maximum Gasteiger partial charge on any atom is 0.227 e. The Morgan fingerprint density at radius 1 is 1.29 bits per heavy atom. The quantitative estimate of drug-likeness (QED) is 0.705. The average molecular weight is 232 g/mol. The second kappa shape index (κ2) is 5.87. The zero-order valence-electron chi connectivity index (χ0n) is 10.6. The summed E-state index contributed by atoms with van der Waals surface area (Å²) in [6.45, 7) is 2.22. The number of hydrogen-bond donors (Lipinski definition) is 0. The third kappa shape index (κ3) is 2.70. The molecule has 1 unspecified atom stereocenters.